The molecule has 0 amide bonds. The van der Waals surface area contributed by atoms with Gasteiger partial charge >= 0.3 is 0 Å². The third kappa shape index (κ3) is 6.76. The molecular formula is C38H46O5. The number of rotatable bonds is 11. The number of allylic oxidation sites excluding steroid dienone is 2. The molecule has 2 saturated carbocycles. The number of carbonyl (C=O) groups is 4. The average molecular weight is 583 g/mol. The van der Waals surface area contributed by atoms with Crippen molar-refractivity contribution in [2.75, 3.05) is 7.11 Å². The molecule has 0 radical (unpaired) electrons. The summed E-state index contributed by atoms with van der Waals surface area (Å²) in [6, 6.07) is 12.2. The molecule has 0 spiro atoms. The van der Waals surface area contributed by atoms with Crippen LogP contribution in [0.2, 0.25) is 0 Å². The standard InChI is InChI=1S/C38H46O5/c1-5-6-34(39)31-21-32(38(42)37(41)28-15-9-24(3)10-16-28)29-20-33(35(43-4)22-30(29)31)36(40)27-17-13-26(14-18-27)19-25-11-7-23(2)8-12-25/h7-8,11-12,20-22,24,26-28,31H,5-6,9-10,13-19H2,1-4H3. The van der Waals surface area contributed by atoms with E-state index in [2.05, 4.69) is 38.1 Å². The molecule has 5 rings (SSSR count). The van der Waals surface area contributed by atoms with Gasteiger partial charge < -0.3 is 4.74 Å². The van der Waals surface area contributed by atoms with Gasteiger partial charge in [0.05, 0.1) is 18.6 Å². The van der Waals surface area contributed by atoms with E-state index in [0.717, 1.165) is 57.8 Å². The van der Waals surface area contributed by atoms with Crippen LogP contribution in [0.1, 0.15) is 117 Å². The Morgan fingerprint density at radius 3 is 2.14 bits per heavy atom. The predicted molar refractivity (Wildman–Crippen MR) is 169 cm³/mol. The lowest BCUT2D eigenvalue weighted by atomic mass is 9.76. The van der Waals surface area contributed by atoms with Gasteiger partial charge in [-0.15, -0.1) is 0 Å². The Hall–Kier alpha value is -3.34. The summed E-state index contributed by atoms with van der Waals surface area (Å²) in [4.78, 5) is 54.3. The molecule has 0 heterocycles. The highest BCUT2D eigenvalue weighted by Crippen LogP contribution is 2.44. The Bertz CT molecular complexity index is 1400. The Balaban J connectivity index is 1.38. The lowest BCUT2D eigenvalue weighted by molar-refractivity contribution is -0.136. The minimum Gasteiger partial charge on any atom is -0.496 e. The number of benzene rings is 2. The molecule has 0 aliphatic heterocycles. The molecule has 0 N–H and O–H groups in total. The van der Waals surface area contributed by atoms with E-state index >= 15 is 0 Å². The van der Waals surface area contributed by atoms with Crippen LogP contribution in [-0.2, 0) is 20.8 Å². The fourth-order valence-corrected chi connectivity index (χ4v) is 7.41. The molecule has 3 aliphatic carbocycles. The Morgan fingerprint density at radius 2 is 1.51 bits per heavy atom. The zero-order valence-electron chi connectivity index (χ0n) is 26.2. The molecule has 3 aliphatic rings. The van der Waals surface area contributed by atoms with Crippen molar-refractivity contribution in [3.63, 3.8) is 0 Å². The van der Waals surface area contributed by atoms with Crippen molar-refractivity contribution in [2.45, 2.75) is 97.3 Å². The molecule has 0 bridgehead atoms. The summed E-state index contributed by atoms with van der Waals surface area (Å²) in [5.41, 5.74) is 4.55. The van der Waals surface area contributed by atoms with Crippen molar-refractivity contribution in [1.29, 1.82) is 0 Å². The van der Waals surface area contributed by atoms with Gasteiger partial charge in [-0.2, -0.15) is 0 Å². The first kappa shape index (κ1) is 31.1. The number of carbonyl (C=O) groups excluding carboxylic acids is 4. The van der Waals surface area contributed by atoms with Gasteiger partial charge in [-0.05, 0) is 98.9 Å². The van der Waals surface area contributed by atoms with E-state index in [1.54, 1.807) is 25.3 Å². The van der Waals surface area contributed by atoms with Crippen LogP contribution in [0.25, 0.3) is 5.57 Å². The average Bonchev–Trinajstić information content (AvgIpc) is 3.40. The number of Topliss-reactive ketones (excluding diaryl/α,β-unsaturated/α-hetero) is 4. The molecule has 5 nitrogen and oxygen atoms in total. The maximum atomic E-state index is 14.0. The number of ether oxygens (including phenoxy) is 1. The number of hydrogen-bond donors (Lipinski definition) is 0. The van der Waals surface area contributed by atoms with Crippen LogP contribution < -0.4 is 4.74 Å². The molecule has 2 fully saturated rings. The van der Waals surface area contributed by atoms with Crippen molar-refractivity contribution in [1.82, 2.24) is 0 Å². The van der Waals surface area contributed by atoms with E-state index in [1.165, 1.54) is 11.1 Å². The summed E-state index contributed by atoms with van der Waals surface area (Å²) in [6.07, 6.45) is 10.7. The normalized spacial score (nSPS) is 25.0. The molecule has 1 atom stereocenters. The van der Waals surface area contributed by atoms with Crippen LogP contribution in [0, 0.1) is 30.6 Å². The molecule has 43 heavy (non-hydrogen) atoms. The molecule has 1 unspecified atom stereocenters. The van der Waals surface area contributed by atoms with Gasteiger partial charge in [-0.25, -0.2) is 0 Å². The lowest BCUT2D eigenvalue weighted by Crippen LogP contribution is -2.28. The van der Waals surface area contributed by atoms with Gasteiger partial charge in [0.15, 0.2) is 5.78 Å². The summed E-state index contributed by atoms with van der Waals surface area (Å²) in [7, 11) is 1.54. The number of ketones is 4. The first-order valence-electron chi connectivity index (χ1n) is 16.3. The zero-order chi connectivity index (χ0) is 30.7. The summed E-state index contributed by atoms with van der Waals surface area (Å²) in [6.45, 7) is 6.24. The maximum Gasteiger partial charge on any atom is 0.229 e. The van der Waals surface area contributed by atoms with Crippen LogP contribution in [0.3, 0.4) is 0 Å². The minimum atomic E-state index is -0.608. The first-order chi connectivity index (χ1) is 20.7. The van der Waals surface area contributed by atoms with Crippen LogP contribution in [0.4, 0.5) is 0 Å². The number of aryl methyl sites for hydroxylation is 1. The van der Waals surface area contributed by atoms with E-state index < -0.39 is 11.7 Å². The second-order valence-corrected chi connectivity index (χ2v) is 13.3. The highest BCUT2D eigenvalue weighted by molar-refractivity contribution is 6.55. The molecule has 2 aromatic carbocycles. The van der Waals surface area contributed by atoms with E-state index in [1.807, 2.05) is 6.92 Å². The molecule has 5 heteroatoms. The third-order valence-electron chi connectivity index (χ3n) is 10.2. The SMILES string of the molecule is CCCC(=O)C1C=C(C(=O)C(=O)C2CCC(C)CC2)c2cc(C(=O)C3CCC(Cc4ccc(C)cc4)CC3)c(OC)cc21. The van der Waals surface area contributed by atoms with Crippen molar-refractivity contribution in [3.8, 4) is 5.75 Å². The van der Waals surface area contributed by atoms with Crippen LogP contribution in [0.5, 0.6) is 5.75 Å². The van der Waals surface area contributed by atoms with E-state index in [9.17, 15) is 19.2 Å². The van der Waals surface area contributed by atoms with Crippen LogP contribution >= 0.6 is 0 Å². The number of fused-ring (bicyclic) bond motifs is 1. The molecule has 0 aromatic heterocycles. The van der Waals surface area contributed by atoms with Gasteiger partial charge in [-0.3, -0.25) is 19.2 Å². The molecule has 0 saturated heterocycles. The summed E-state index contributed by atoms with van der Waals surface area (Å²) >= 11 is 0. The minimum absolute atomic E-state index is 0.0125. The quantitative estimate of drug-likeness (QED) is 0.198. The fraction of sp³-hybridized carbons (Fsp3) is 0.526. The summed E-state index contributed by atoms with van der Waals surface area (Å²) in [5.74, 6) is -0.272. The second-order valence-electron chi connectivity index (χ2n) is 13.3. The van der Waals surface area contributed by atoms with Crippen LogP contribution in [0.15, 0.2) is 42.5 Å². The smallest absolute Gasteiger partial charge is 0.229 e. The third-order valence-corrected chi connectivity index (χ3v) is 10.2. The molecular weight excluding hydrogens is 536 g/mol. The van der Waals surface area contributed by atoms with Gasteiger partial charge in [0.1, 0.15) is 11.5 Å². The Kier molecular flexibility index (Phi) is 9.78. The van der Waals surface area contributed by atoms with Crippen molar-refractivity contribution >= 4 is 28.7 Å². The molecule has 2 aromatic rings. The topological polar surface area (TPSA) is 77.5 Å². The van der Waals surface area contributed by atoms with E-state index in [0.29, 0.717) is 47.1 Å². The van der Waals surface area contributed by atoms with Crippen molar-refractivity contribution in [2.24, 2.45) is 23.7 Å². The summed E-state index contributed by atoms with van der Waals surface area (Å²) < 4.78 is 5.72. The maximum absolute atomic E-state index is 14.0. The Labute approximate surface area is 256 Å². The van der Waals surface area contributed by atoms with E-state index in [-0.39, 0.29) is 34.8 Å². The monoisotopic (exact) mass is 582 g/mol. The first-order valence-corrected chi connectivity index (χ1v) is 16.3. The lowest BCUT2D eigenvalue weighted by Gasteiger charge is -2.28. The highest BCUT2D eigenvalue weighted by Gasteiger charge is 2.38. The summed E-state index contributed by atoms with van der Waals surface area (Å²) in [5, 5.41) is 0. The van der Waals surface area contributed by atoms with Gasteiger partial charge in [0, 0.05) is 23.8 Å². The van der Waals surface area contributed by atoms with E-state index in [4.69, 9.17) is 4.74 Å². The fourth-order valence-electron chi connectivity index (χ4n) is 7.41. The van der Waals surface area contributed by atoms with Crippen molar-refractivity contribution in [3.05, 3.63) is 70.3 Å². The second kappa shape index (κ2) is 13.5. The largest absolute Gasteiger partial charge is 0.496 e. The number of methoxy groups -OCH3 is 1. The van der Waals surface area contributed by atoms with Gasteiger partial charge in [0.2, 0.25) is 11.6 Å². The molecule has 228 valence electrons. The van der Waals surface area contributed by atoms with Crippen LogP contribution in [-0.4, -0.2) is 30.2 Å². The zero-order valence-corrected chi connectivity index (χ0v) is 26.2. The van der Waals surface area contributed by atoms with Gasteiger partial charge in [0.25, 0.3) is 0 Å². The van der Waals surface area contributed by atoms with Crippen molar-refractivity contribution < 1.29 is 23.9 Å². The Morgan fingerprint density at radius 1 is 0.860 bits per heavy atom. The highest BCUT2D eigenvalue weighted by atomic mass is 16.5. The predicted octanol–water partition coefficient (Wildman–Crippen LogP) is 8.05. The number of hydrogen-bond acceptors (Lipinski definition) is 5. The van der Waals surface area contributed by atoms with Gasteiger partial charge in [-0.1, -0.05) is 62.6 Å².